The lowest BCUT2D eigenvalue weighted by Crippen LogP contribution is -2.22. The average Bonchev–Trinajstić information content (AvgIpc) is 2.66. The number of carbonyl (C=O) groups is 1. The zero-order valence-corrected chi connectivity index (χ0v) is 10.6. The third kappa shape index (κ3) is 3.26. The molecule has 0 radical (unpaired) electrons. The predicted molar refractivity (Wildman–Crippen MR) is 63.3 cm³/mol. The van der Waals surface area contributed by atoms with Gasteiger partial charge in [0.1, 0.15) is 10.9 Å². The first-order valence-electron chi connectivity index (χ1n) is 4.95. The van der Waals surface area contributed by atoms with E-state index in [-0.39, 0.29) is 12.5 Å². The molecule has 0 aliphatic rings. The van der Waals surface area contributed by atoms with Crippen LogP contribution >= 0.6 is 11.3 Å². The van der Waals surface area contributed by atoms with Gasteiger partial charge in [0.15, 0.2) is 0 Å². The number of esters is 1. The second-order valence-electron chi connectivity index (χ2n) is 3.71. The Balaban J connectivity index is 2.78. The maximum atomic E-state index is 11.4. The van der Waals surface area contributed by atoms with Crippen molar-refractivity contribution < 1.29 is 9.53 Å². The van der Waals surface area contributed by atoms with E-state index < -0.39 is 5.92 Å². The lowest BCUT2D eigenvalue weighted by molar-refractivity contribution is -0.142. The summed E-state index contributed by atoms with van der Waals surface area (Å²) in [5.74, 6) is -0.765. The van der Waals surface area contributed by atoms with E-state index in [4.69, 9.17) is 5.73 Å². The summed E-state index contributed by atoms with van der Waals surface area (Å²) in [6, 6.07) is 0. The largest absolute Gasteiger partial charge is 0.468 e. The van der Waals surface area contributed by atoms with Crippen LogP contribution in [0.2, 0.25) is 0 Å². The summed E-state index contributed by atoms with van der Waals surface area (Å²) in [7, 11) is 5.33. The Labute approximate surface area is 99.2 Å². The van der Waals surface area contributed by atoms with Gasteiger partial charge in [-0.15, -0.1) is 11.3 Å². The molecule has 0 aliphatic heterocycles. The van der Waals surface area contributed by atoms with Gasteiger partial charge in [-0.2, -0.15) is 0 Å². The molecule has 16 heavy (non-hydrogen) atoms. The van der Waals surface area contributed by atoms with Crippen LogP contribution in [0, 0.1) is 0 Å². The Hall–Kier alpha value is -0.980. The fraction of sp³-hybridized carbons (Fsp3) is 0.600. The van der Waals surface area contributed by atoms with Crippen LogP contribution in [0.4, 0.5) is 0 Å². The molecule has 0 fully saturated rings. The van der Waals surface area contributed by atoms with Crippen LogP contribution in [0.5, 0.6) is 0 Å². The monoisotopic (exact) mass is 243 g/mol. The van der Waals surface area contributed by atoms with Crippen LogP contribution < -0.4 is 5.73 Å². The Kier molecular flexibility index (Phi) is 4.85. The second-order valence-corrected chi connectivity index (χ2v) is 4.86. The predicted octanol–water partition coefficient (Wildman–Crippen LogP) is 0.420. The van der Waals surface area contributed by atoms with Crippen molar-refractivity contribution in [2.45, 2.75) is 12.5 Å². The first-order chi connectivity index (χ1) is 7.58. The van der Waals surface area contributed by atoms with Crippen molar-refractivity contribution >= 4 is 17.3 Å². The summed E-state index contributed by atoms with van der Waals surface area (Å²) in [6.45, 7) is 1.04. The molecule has 1 rings (SSSR count). The minimum atomic E-state index is -0.439. The quantitative estimate of drug-likeness (QED) is 0.759. The number of nitrogens with zero attached hydrogens (tertiary/aromatic N) is 2. The number of rotatable bonds is 5. The summed E-state index contributed by atoms with van der Waals surface area (Å²) < 4.78 is 4.69. The van der Waals surface area contributed by atoms with Crippen LogP contribution in [0.3, 0.4) is 0 Å². The molecule has 1 heterocycles. The summed E-state index contributed by atoms with van der Waals surface area (Å²) in [6.07, 6.45) is 1.78. The number of thiazole rings is 1. The van der Waals surface area contributed by atoms with Gasteiger partial charge in [0.2, 0.25) is 0 Å². The molecule has 0 saturated carbocycles. The third-order valence-corrected chi connectivity index (χ3v) is 3.16. The number of methoxy groups -OCH3 is 1. The molecule has 1 aromatic heterocycles. The zero-order chi connectivity index (χ0) is 12.1. The van der Waals surface area contributed by atoms with E-state index in [0.717, 1.165) is 16.4 Å². The van der Waals surface area contributed by atoms with Gasteiger partial charge in [-0.05, 0) is 14.1 Å². The number of nitrogens with two attached hydrogens (primary N) is 1. The Bertz CT molecular complexity index is 352. The van der Waals surface area contributed by atoms with Gasteiger partial charge < -0.3 is 15.4 Å². The van der Waals surface area contributed by atoms with Gasteiger partial charge >= 0.3 is 5.97 Å². The van der Waals surface area contributed by atoms with E-state index in [1.807, 2.05) is 19.0 Å². The van der Waals surface area contributed by atoms with Crippen LogP contribution in [0.1, 0.15) is 15.8 Å². The van der Waals surface area contributed by atoms with Gasteiger partial charge in [0, 0.05) is 24.2 Å². The smallest absolute Gasteiger partial charge is 0.316 e. The van der Waals surface area contributed by atoms with Crippen LogP contribution in [0.25, 0.3) is 0 Å². The maximum absolute atomic E-state index is 11.4. The number of hydrogen-bond acceptors (Lipinski definition) is 6. The van der Waals surface area contributed by atoms with Crippen molar-refractivity contribution in [1.29, 1.82) is 0 Å². The van der Waals surface area contributed by atoms with Crippen molar-refractivity contribution in [3.05, 3.63) is 16.1 Å². The highest BCUT2D eigenvalue weighted by Gasteiger charge is 2.23. The maximum Gasteiger partial charge on any atom is 0.316 e. The average molecular weight is 243 g/mol. The first-order valence-corrected chi connectivity index (χ1v) is 5.77. The highest BCUT2D eigenvalue weighted by molar-refractivity contribution is 7.11. The summed E-state index contributed by atoms with van der Waals surface area (Å²) in [5.41, 5.74) is 5.55. The molecule has 90 valence electrons. The Morgan fingerprint density at radius 3 is 2.88 bits per heavy atom. The number of aromatic nitrogens is 1. The summed E-state index contributed by atoms with van der Waals surface area (Å²) >= 11 is 1.50. The van der Waals surface area contributed by atoms with Crippen molar-refractivity contribution in [3.63, 3.8) is 0 Å². The molecular formula is C10H17N3O2S. The molecule has 0 bridgehead atoms. The summed E-state index contributed by atoms with van der Waals surface area (Å²) in [4.78, 5) is 18.8. The second kappa shape index (κ2) is 5.93. The SMILES string of the molecule is COC(=O)C(CN)c1ncc(CN(C)C)s1. The van der Waals surface area contributed by atoms with E-state index in [2.05, 4.69) is 9.72 Å². The third-order valence-electron chi connectivity index (χ3n) is 2.06. The van der Waals surface area contributed by atoms with Gasteiger partial charge in [-0.1, -0.05) is 0 Å². The topological polar surface area (TPSA) is 68.5 Å². The van der Waals surface area contributed by atoms with Gasteiger partial charge in [0.05, 0.1) is 7.11 Å². The van der Waals surface area contributed by atoms with Crippen molar-refractivity contribution in [1.82, 2.24) is 9.88 Å². The molecule has 1 aromatic rings. The Morgan fingerprint density at radius 1 is 1.69 bits per heavy atom. The van der Waals surface area contributed by atoms with E-state index >= 15 is 0 Å². The van der Waals surface area contributed by atoms with Gasteiger partial charge in [-0.25, -0.2) is 4.98 Å². The molecule has 1 atom stereocenters. The minimum Gasteiger partial charge on any atom is -0.468 e. The number of hydrogen-bond donors (Lipinski definition) is 1. The fourth-order valence-electron chi connectivity index (χ4n) is 1.31. The highest BCUT2D eigenvalue weighted by Crippen LogP contribution is 2.23. The fourth-order valence-corrected chi connectivity index (χ4v) is 2.45. The molecular weight excluding hydrogens is 226 g/mol. The Morgan fingerprint density at radius 2 is 2.38 bits per heavy atom. The van der Waals surface area contributed by atoms with E-state index in [0.29, 0.717) is 0 Å². The lowest BCUT2D eigenvalue weighted by atomic mass is 10.1. The summed E-state index contributed by atoms with van der Waals surface area (Å²) in [5, 5.41) is 0.728. The molecule has 2 N–H and O–H groups in total. The molecule has 0 saturated heterocycles. The first kappa shape index (κ1) is 13.1. The standard InChI is InChI=1S/C10H17N3O2S/c1-13(2)6-7-5-12-9(16-7)8(4-11)10(14)15-3/h5,8H,4,6,11H2,1-3H3. The molecule has 5 nitrogen and oxygen atoms in total. The molecule has 0 spiro atoms. The lowest BCUT2D eigenvalue weighted by Gasteiger charge is -2.08. The number of ether oxygens (including phenoxy) is 1. The van der Waals surface area contributed by atoms with Crippen LogP contribution in [-0.4, -0.2) is 43.6 Å². The van der Waals surface area contributed by atoms with Crippen LogP contribution in [0.15, 0.2) is 6.20 Å². The van der Waals surface area contributed by atoms with Crippen molar-refractivity contribution in [2.75, 3.05) is 27.7 Å². The van der Waals surface area contributed by atoms with Gasteiger partial charge in [0.25, 0.3) is 0 Å². The number of carbonyl (C=O) groups excluding carboxylic acids is 1. The molecule has 6 heteroatoms. The molecule has 0 aliphatic carbocycles. The van der Waals surface area contributed by atoms with Crippen molar-refractivity contribution in [2.24, 2.45) is 5.73 Å². The molecule has 1 unspecified atom stereocenters. The van der Waals surface area contributed by atoms with Gasteiger partial charge in [-0.3, -0.25) is 4.79 Å². The van der Waals surface area contributed by atoms with Crippen molar-refractivity contribution in [3.8, 4) is 0 Å². The molecule has 0 amide bonds. The van der Waals surface area contributed by atoms with E-state index in [1.54, 1.807) is 6.20 Å². The van der Waals surface area contributed by atoms with Crippen LogP contribution in [-0.2, 0) is 16.1 Å². The minimum absolute atomic E-state index is 0.224. The normalized spacial score (nSPS) is 12.8. The zero-order valence-electron chi connectivity index (χ0n) is 9.77. The highest BCUT2D eigenvalue weighted by atomic mass is 32.1. The van der Waals surface area contributed by atoms with E-state index in [1.165, 1.54) is 18.4 Å². The van der Waals surface area contributed by atoms with E-state index in [9.17, 15) is 4.79 Å². The molecule has 0 aromatic carbocycles.